The van der Waals surface area contributed by atoms with Crippen molar-refractivity contribution < 1.29 is 0 Å². The first-order valence-corrected chi connectivity index (χ1v) is 6.20. The summed E-state index contributed by atoms with van der Waals surface area (Å²) >= 11 is 0. The summed E-state index contributed by atoms with van der Waals surface area (Å²) in [6.45, 7) is 4.20. The smallest absolute Gasteiger partial charge is 0.0402 e. The van der Waals surface area contributed by atoms with Crippen LogP contribution in [0.25, 0.3) is 0 Å². The normalized spacial score (nSPS) is 31.7. The number of hydrogen-bond acceptors (Lipinski definition) is 2. The summed E-state index contributed by atoms with van der Waals surface area (Å²) in [5.41, 5.74) is 10.6. The van der Waals surface area contributed by atoms with Gasteiger partial charge in [0.2, 0.25) is 0 Å². The number of rotatable bonds is 1. The van der Waals surface area contributed by atoms with Crippen molar-refractivity contribution in [1.29, 1.82) is 0 Å². The van der Waals surface area contributed by atoms with Crippen molar-refractivity contribution in [2.75, 3.05) is 25.0 Å². The van der Waals surface area contributed by atoms with Crippen LogP contribution in [0.3, 0.4) is 0 Å². The Morgan fingerprint density at radius 3 is 3.00 bits per heavy atom. The minimum atomic E-state index is 0.433. The highest BCUT2D eigenvalue weighted by atomic mass is 15.1. The fourth-order valence-electron chi connectivity index (χ4n) is 3.33. The van der Waals surface area contributed by atoms with Gasteiger partial charge in [-0.3, -0.25) is 0 Å². The number of aryl methyl sites for hydroxylation is 1. The van der Waals surface area contributed by atoms with Crippen molar-refractivity contribution in [2.45, 2.75) is 25.2 Å². The number of nitrogens with zero attached hydrogens (tertiary/aromatic N) is 1. The highest BCUT2D eigenvalue weighted by Gasteiger charge is 2.56. The molecule has 1 aliphatic carbocycles. The number of hydrogen-bond donors (Lipinski definition) is 1. The maximum Gasteiger partial charge on any atom is 0.0402 e. The van der Waals surface area contributed by atoms with Crippen LogP contribution in [0.2, 0.25) is 0 Å². The first kappa shape index (κ1) is 10.2. The lowest BCUT2D eigenvalue weighted by molar-refractivity contribution is 0.533. The van der Waals surface area contributed by atoms with Crippen LogP contribution >= 0.6 is 0 Å². The molecule has 1 saturated carbocycles. The zero-order valence-corrected chi connectivity index (χ0v) is 10.2. The lowest BCUT2D eigenvalue weighted by Gasteiger charge is -2.34. The van der Waals surface area contributed by atoms with Gasteiger partial charge in [0.05, 0.1) is 0 Å². The molecular formula is C14H20N2. The first-order chi connectivity index (χ1) is 7.67. The zero-order valence-electron chi connectivity index (χ0n) is 10.2. The quantitative estimate of drug-likeness (QED) is 0.778. The predicted octanol–water partition coefficient (Wildman–Crippen LogP) is 2.05. The van der Waals surface area contributed by atoms with E-state index in [4.69, 9.17) is 5.73 Å². The minimum absolute atomic E-state index is 0.433. The van der Waals surface area contributed by atoms with Crippen LogP contribution in [0.1, 0.15) is 24.0 Å². The van der Waals surface area contributed by atoms with Crippen molar-refractivity contribution in [1.82, 2.24) is 0 Å². The zero-order chi connectivity index (χ0) is 11.3. The van der Waals surface area contributed by atoms with Crippen LogP contribution in [0.5, 0.6) is 0 Å². The molecule has 1 fully saturated rings. The molecule has 2 N–H and O–H groups in total. The van der Waals surface area contributed by atoms with Crippen molar-refractivity contribution >= 4 is 5.69 Å². The van der Waals surface area contributed by atoms with Crippen LogP contribution in [0, 0.1) is 12.8 Å². The molecule has 0 saturated heterocycles. The van der Waals surface area contributed by atoms with Crippen LogP contribution < -0.4 is 10.6 Å². The van der Waals surface area contributed by atoms with Crippen molar-refractivity contribution in [2.24, 2.45) is 11.7 Å². The summed E-state index contributed by atoms with van der Waals surface area (Å²) in [7, 11) is 2.20. The molecule has 2 nitrogen and oxygen atoms in total. The van der Waals surface area contributed by atoms with Gasteiger partial charge in [0.25, 0.3) is 0 Å². The molecule has 2 aliphatic rings. The molecule has 3 rings (SSSR count). The molecular weight excluding hydrogens is 196 g/mol. The third kappa shape index (κ3) is 1.23. The van der Waals surface area contributed by atoms with Gasteiger partial charge in [0.15, 0.2) is 0 Å². The summed E-state index contributed by atoms with van der Waals surface area (Å²) < 4.78 is 0. The van der Waals surface area contributed by atoms with E-state index < -0.39 is 0 Å². The van der Waals surface area contributed by atoms with Crippen molar-refractivity contribution in [3.05, 3.63) is 29.3 Å². The fraction of sp³-hybridized carbons (Fsp3) is 0.571. The van der Waals surface area contributed by atoms with Gasteiger partial charge in [-0.05, 0) is 43.9 Å². The maximum absolute atomic E-state index is 5.86. The van der Waals surface area contributed by atoms with Crippen LogP contribution in [-0.2, 0) is 5.41 Å². The van der Waals surface area contributed by atoms with Gasteiger partial charge < -0.3 is 10.6 Å². The molecule has 0 aromatic heterocycles. The molecule has 1 heterocycles. The van der Waals surface area contributed by atoms with E-state index in [-0.39, 0.29) is 0 Å². The van der Waals surface area contributed by atoms with E-state index in [1.165, 1.54) is 30.6 Å². The third-order valence-corrected chi connectivity index (χ3v) is 4.51. The van der Waals surface area contributed by atoms with E-state index >= 15 is 0 Å². The number of anilines is 1. The van der Waals surface area contributed by atoms with E-state index in [1.807, 2.05) is 0 Å². The summed E-state index contributed by atoms with van der Waals surface area (Å²) in [6.07, 6.45) is 2.58. The average Bonchev–Trinajstić information content (AvgIpc) is 2.99. The van der Waals surface area contributed by atoms with Gasteiger partial charge in [-0.15, -0.1) is 0 Å². The molecule has 0 bridgehead atoms. The Morgan fingerprint density at radius 2 is 2.31 bits per heavy atom. The molecule has 2 atom stereocenters. The van der Waals surface area contributed by atoms with Gasteiger partial charge >= 0.3 is 0 Å². The topological polar surface area (TPSA) is 29.3 Å². The second-order valence-electron chi connectivity index (χ2n) is 5.49. The van der Waals surface area contributed by atoms with E-state index in [1.54, 1.807) is 5.56 Å². The second-order valence-corrected chi connectivity index (χ2v) is 5.49. The number of benzene rings is 1. The Hall–Kier alpha value is -1.02. The SMILES string of the molecule is Cc1ccc2c(c1)C1(CCN2C)CC1CN. The molecule has 86 valence electrons. The lowest BCUT2D eigenvalue weighted by atomic mass is 9.84. The predicted molar refractivity (Wildman–Crippen MR) is 67.9 cm³/mol. The van der Waals surface area contributed by atoms with Gasteiger partial charge in [-0.1, -0.05) is 17.7 Å². The standard InChI is InChI=1S/C14H20N2/c1-10-3-4-13-12(7-10)14(5-6-16(13)2)8-11(14)9-15/h3-4,7,11H,5-6,8-9,15H2,1-2H3. The van der Waals surface area contributed by atoms with Gasteiger partial charge in [-0.25, -0.2) is 0 Å². The molecule has 0 amide bonds. The fourth-order valence-corrected chi connectivity index (χ4v) is 3.33. The molecule has 1 aliphatic heterocycles. The van der Waals surface area contributed by atoms with Crippen molar-refractivity contribution in [3.63, 3.8) is 0 Å². The summed E-state index contributed by atoms with van der Waals surface area (Å²) in [6, 6.07) is 6.87. The van der Waals surface area contributed by atoms with Crippen LogP contribution in [0.4, 0.5) is 5.69 Å². The van der Waals surface area contributed by atoms with E-state index in [0.717, 1.165) is 12.5 Å². The summed E-state index contributed by atoms with van der Waals surface area (Å²) in [4.78, 5) is 2.38. The highest BCUT2D eigenvalue weighted by molar-refractivity contribution is 5.62. The van der Waals surface area contributed by atoms with Crippen LogP contribution in [-0.4, -0.2) is 20.1 Å². The summed E-state index contributed by atoms with van der Waals surface area (Å²) in [5, 5.41) is 0. The summed E-state index contributed by atoms with van der Waals surface area (Å²) in [5.74, 6) is 0.724. The lowest BCUT2D eigenvalue weighted by Crippen LogP contribution is -2.32. The first-order valence-electron chi connectivity index (χ1n) is 6.20. The van der Waals surface area contributed by atoms with Crippen LogP contribution in [0.15, 0.2) is 18.2 Å². The third-order valence-electron chi connectivity index (χ3n) is 4.51. The molecule has 1 spiro atoms. The number of nitrogens with two attached hydrogens (primary N) is 1. The van der Waals surface area contributed by atoms with E-state index in [0.29, 0.717) is 5.41 Å². The minimum Gasteiger partial charge on any atom is -0.374 e. The Balaban J connectivity index is 2.10. The highest BCUT2D eigenvalue weighted by Crippen LogP contribution is 2.60. The Kier molecular flexibility index (Phi) is 2.05. The second kappa shape index (κ2) is 3.24. The van der Waals surface area contributed by atoms with Gasteiger partial charge in [0.1, 0.15) is 0 Å². The number of fused-ring (bicyclic) bond motifs is 2. The van der Waals surface area contributed by atoms with E-state index in [2.05, 4.69) is 37.1 Å². The molecule has 2 unspecified atom stereocenters. The van der Waals surface area contributed by atoms with Gasteiger partial charge in [-0.2, -0.15) is 0 Å². The van der Waals surface area contributed by atoms with Gasteiger partial charge in [0, 0.05) is 24.7 Å². The molecule has 1 aromatic carbocycles. The largest absolute Gasteiger partial charge is 0.374 e. The maximum atomic E-state index is 5.86. The average molecular weight is 216 g/mol. The van der Waals surface area contributed by atoms with Crippen molar-refractivity contribution in [3.8, 4) is 0 Å². The Labute approximate surface area is 97.4 Å². The molecule has 0 radical (unpaired) electrons. The molecule has 2 heteroatoms. The van der Waals surface area contributed by atoms with E-state index in [9.17, 15) is 0 Å². The molecule has 16 heavy (non-hydrogen) atoms. The molecule has 1 aromatic rings. The Bertz CT molecular complexity index is 427. The Morgan fingerprint density at radius 1 is 1.50 bits per heavy atom. The monoisotopic (exact) mass is 216 g/mol.